The normalized spacial score (nSPS) is 17.0. The molecule has 128 valence electrons. The number of rotatable bonds is 5. The molecule has 0 radical (unpaired) electrons. The van der Waals surface area contributed by atoms with E-state index in [1.165, 1.54) is 0 Å². The van der Waals surface area contributed by atoms with E-state index in [-0.39, 0.29) is 11.9 Å². The van der Waals surface area contributed by atoms with Gasteiger partial charge >= 0.3 is 0 Å². The van der Waals surface area contributed by atoms with Crippen molar-refractivity contribution in [2.75, 3.05) is 13.7 Å². The molecular formula is C17H21ClN4O2. The highest BCUT2D eigenvalue weighted by Gasteiger charge is 2.30. The first-order chi connectivity index (χ1) is 11.6. The molecule has 0 spiro atoms. The second kappa shape index (κ2) is 7.32. The van der Waals surface area contributed by atoms with Gasteiger partial charge in [0.05, 0.1) is 6.04 Å². The van der Waals surface area contributed by atoms with Crippen LogP contribution in [0, 0.1) is 0 Å². The van der Waals surface area contributed by atoms with E-state index >= 15 is 0 Å². The lowest BCUT2D eigenvalue weighted by molar-refractivity contribution is -0.134. The number of ether oxygens (including phenoxy) is 1. The first kappa shape index (κ1) is 16.9. The summed E-state index contributed by atoms with van der Waals surface area (Å²) < 4.78 is 7.19. The minimum absolute atomic E-state index is 0.0874. The van der Waals surface area contributed by atoms with E-state index in [1.807, 2.05) is 40.7 Å². The van der Waals surface area contributed by atoms with Gasteiger partial charge in [-0.25, -0.2) is 0 Å². The van der Waals surface area contributed by atoms with Crippen LogP contribution in [0.25, 0.3) is 0 Å². The van der Waals surface area contributed by atoms with Crippen LogP contribution in [0.3, 0.4) is 0 Å². The number of nitrogens with zero attached hydrogens (tertiary/aromatic N) is 4. The summed E-state index contributed by atoms with van der Waals surface area (Å²) in [6.07, 6.45) is 1.08. The second-order valence-electron chi connectivity index (χ2n) is 5.91. The molecule has 3 rings (SSSR count). The summed E-state index contributed by atoms with van der Waals surface area (Å²) in [4.78, 5) is 14.5. The van der Waals surface area contributed by atoms with E-state index in [0.29, 0.717) is 37.6 Å². The van der Waals surface area contributed by atoms with Crippen LogP contribution >= 0.6 is 11.6 Å². The van der Waals surface area contributed by atoms with Crippen molar-refractivity contribution in [2.24, 2.45) is 0 Å². The Hall–Kier alpha value is -1.92. The Balaban J connectivity index is 1.67. The van der Waals surface area contributed by atoms with E-state index < -0.39 is 0 Å². The first-order valence-corrected chi connectivity index (χ1v) is 8.43. The minimum Gasteiger partial charge on any atom is -0.377 e. The fraction of sp³-hybridized carbons (Fsp3) is 0.471. The molecule has 0 fully saturated rings. The number of carbonyl (C=O) groups is 1. The maximum atomic E-state index is 12.6. The highest BCUT2D eigenvalue weighted by molar-refractivity contribution is 6.31. The fourth-order valence-electron chi connectivity index (χ4n) is 3.11. The van der Waals surface area contributed by atoms with Gasteiger partial charge < -0.3 is 14.2 Å². The van der Waals surface area contributed by atoms with Crippen molar-refractivity contribution >= 4 is 17.5 Å². The molecule has 1 aromatic heterocycles. The summed E-state index contributed by atoms with van der Waals surface area (Å²) in [6.45, 7) is 3.78. The van der Waals surface area contributed by atoms with Crippen molar-refractivity contribution in [1.29, 1.82) is 0 Å². The van der Waals surface area contributed by atoms with E-state index in [0.717, 1.165) is 17.2 Å². The predicted molar refractivity (Wildman–Crippen MR) is 90.6 cm³/mol. The largest absolute Gasteiger partial charge is 0.377 e. The molecule has 0 N–H and O–H groups in total. The molecule has 1 aliphatic rings. The summed E-state index contributed by atoms with van der Waals surface area (Å²) in [7, 11) is 1.64. The number of carbonyl (C=O) groups excluding carboxylic acids is 1. The Morgan fingerprint density at radius 3 is 2.88 bits per heavy atom. The molecule has 1 aliphatic heterocycles. The van der Waals surface area contributed by atoms with Crippen LogP contribution in [0.5, 0.6) is 0 Å². The Morgan fingerprint density at radius 2 is 2.12 bits per heavy atom. The predicted octanol–water partition coefficient (Wildman–Crippen LogP) is 2.61. The van der Waals surface area contributed by atoms with Crippen molar-refractivity contribution in [3.8, 4) is 0 Å². The van der Waals surface area contributed by atoms with Crippen LogP contribution in [0.4, 0.5) is 0 Å². The van der Waals surface area contributed by atoms with Crippen LogP contribution in [0.15, 0.2) is 24.3 Å². The van der Waals surface area contributed by atoms with E-state index in [1.54, 1.807) is 7.11 Å². The van der Waals surface area contributed by atoms with E-state index in [4.69, 9.17) is 16.3 Å². The lowest BCUT2D eigenvalue weighted by Gasteiger charge is -2.33. The zero-order valence-corrected chi connectivity index (χ0v) is 14.7. The van der Waals surface area contributed by atoms with Crippen molar-refractivity contribution < 1.29 is 9.53 Å². The molecule has 0 saturated carbocycles. The summed E-state index contributed by atoms with van der Waals surface area (Å²) in [6, 6.07) is 7.56. The molecule has 1 aromatic carbocycles. The number of hydrogen-bond acceptors (Lipinski definition) is 4. The number of aromatic nitrogens is 3. The van der Waals surface area contributed by atoms with Gasteiger partial charge in [0.15, 0.2) is 11.6 Å². The SMILES string of the molecule is COCc1nnc2n1CCN(C(=O)CCc1ccccc1Cl)[C@H]2C. The number of benzene rings is 1. The summed E-state index contributed by atoms with van der Waals surface area (Å²) in [5.74, 6) is 1.74. The number of methoxy groups -OCH3 is 1. The maximum absolute atomic E-state index is 12.6. The third-order valence-electron chi connectivity index (χ3n) is 4.42. The van der Waals surface area contributed by atoms with Gasteiger partial charge in [0.25, 0.3) is 0 Å². The Bertz CT molecular complexity index is 731. The minimum atomic E-state index is -0.0874. The van der Waals surface area contributed by atoms with E-state index in [2.05, 4.69) is 10.2 Å². The van der Waals surface area contributed by atoms with Gasteiger partial charge in [-0.15, -0.1) is 10.2 Å². The monoisotopic (exact) mass is 348 g/mol. The van der Waals surface area contributed by atoms with Gasteiger partial charge in [-0.2, -0.15) is 0 Å². The van der Waals surface area contributed by atoms with Crippen LogP contribution in [-0.4, -0.2) is 39.2 Å². The molecule has 0 saturated heterocycles. The molecule has 1 atom stereocenters. The average molecular weight is 349 g/mol. The smallest absolute Gasteiger partial charge is 0.223 e. The molecule has 24 heavy (non-hydrogen) atoms. The zero-order valence-electron chi connectivity index (χ0n) is 13.9. The number of aryl methyl sites for hydroxylation is 1. The van der Waals surface area contributed by atoms with Crippen molar-refractivity contribution in [2.45, 2.75) is 39.0 Å². The highest BCUT2D eigenvalue weighted by atomic mass is 35.5. The second-order valence-corrected chi connectivity index (χ2v) is 6.32. The molecule has 0 aliphatic carbocycles. The van der Waals surface area contributed by atoms with Crippen molar-refractivity contribution in [3.63, 3.8) is 0 Å². The summed E-state index contributed by atoms with van der Waals surface area (Å²) >= 11 is 6.16. The van der Waals surface area contributed by atoms with Crippen LogP contribution < -0.4 is 0 Å². The van der Waals surface area contributed by atoms with Crippen LogP contribution in [-0.2, 0) is 29.1 Å². The van der Waals surface area contributed by atoms with Gasteiger partial charge in [-0.1, -0.05) is 29.8 Å². The molecule has 2 aromatic rings. The summed E-state index contributed by atoms with van der Waals surface area (Å²) in [5, 5.41) is 9.12. The molecular weight excluding hydrogens is 328 g/mol. The van der Waals surface area contributed by atoms with Crippen molar-refractivity contribution in [1.82, 2.24) is 19.7 Å². The lowest BCUT2D eigenvalue weighted by Crippen LogP contribution is -2.41. The van der Waals surface area contributed by atoms with Crippen molar-refractivity contribution in [3.05, 3.63) is 46.5 Å². The summed E-state index contributed by atoms with van der Waals surface area (Å²) in [5.41, 5.74) is 1.00. The molecule has 0 bridgehead atoms. The highest BCUT2D eigenvalue weighted by Crippen LogP contribution is 2.26. The number of amides is 1. The Labute approximate surface area is 146 Å². The first-order valence-electron chi connectivity index (χ1n) is 8.05. The topological polar surface area (TPSA) is 60.3 Å². The zero-order chi connectivity index (χ0) is 17.1. The van der Waals surface area contributed by atoms with Gasteiger partial charge in [-0.05, 0) is 25.0 Å². The number of fused-ring (bicyclic) bond motifs is 1. The quantitative estimate of drug-likeness (QED) is 0.833. The molecule has 0 unspecified atom stereocenters. The van der Waals surface area contributed by atoms with Gasteiger partial charge in [0.2, 0.25) is 5.91 Å². The Morgan fingerprint density at radius 1 is 1.33 bits per heavy atom. The molecule has 6 nitrogen and oxygen atoms in total. The maximum Gasteiger partial charge on any atom is 0.223 e. The molecule has 1 amide bonds. The lowest BCUT2D eigenvalue weighted by atomic mass is 10.1. The third-order valence-corrected chi connectivity index (χ3v) is 4.79. The van der Waals surface area contributed by atoms with Gasteiger partial charge in [-0.3, -0.25) is 4.79 Å². The third kappa shape index (κ3) is 3.30. The van der Waals surface area contributed by atoms with Gasteiger partial charge in [0.1, 0.15) is 6.61 Å². The molecule has 7 heteroatoms. The number of halogens is 1. The van der Waals surface area contributed by atoms with Gasteiger partial charge in [0, 0.05) is 31.6 Å². The van der Waals surface area contributed by atoms with Crippen LogP contribution in [0.2, 0.25) is 5.02 Å². The average Bonchev–Trinajstić information content (AvgIpc) is 2.98. The Kier molecular flexibility index (Phi) is 5.16. The van der Waals surface area contributed by atoms with Crippen LogP contribution in [0.1, 0.15) is 36.6 Å². The van der Waals surface area contributed by atoms with E-state index in [9.17, 15) is 4.79 Å². The molecule has 2 heterocycles. The fourth-order valence-corrected chi connectivity index (χ4v) is 3.34. The standard InChI is InChI=1S/C17H21ClN4O2/c1-12-17-20-19-15(11-24-2)22(17)10-9-21(12)16(23)8-7-13-5-3-4-6-14(13)18/h3-6,12H,7-11H2,1-2H3/t12-/m0/s1. The number of hydrogen-bond donors (Lipinski definition) is 0.